The average Bonchev–Trinajstić information content (AvgIpc) is 2.81. The number of carbonyl (C=O) groups excluding carboxylic acids is 2. The number of benzene rings is 2. The van der Waals surface area contributed by atoms with Gasteiger partial charge in [-0.15, -0.1) is 23.2 Å². The highest BCUT2D eigenvalue weighted by Gasteiger charge is 2.11. The van der Waals surface area contributed by atoms with Gasteiger partial charge in [0.15, 0.2) is 0 Å². The summed E-state index contributed by atoms with van der Waals surface area (Å²) >= 11 is 11.1. The Labute approximate surface area is 198 Å². The zero-order valence-corrected chi connectivity index (χ0v) is 19.8. The van der Waals surface area contributed by atoms with E-state index in [0.717, 1.165) is 24.0 Å². The van der Waals surface area contributed by atoms with E-state index in [4.69, 9.17) is 32.7 Å². The molecule has 2 amide bonds. The number of carbonyl (C=O) groups is 2. The second kappa shape index (κ2) is 13.7. The first kappa shape index (κ1) is 25.6. The number of ether oxygens (including phenoxy) is 2. The van der Waals surface area contributed by atoms with E-state index in [1.54, 1.807) is 24.3 Å². The Bertz CT molecular complexity index is 837. The van der Waals surface area contributed by atoms with Crippen molar-refractivity contribution in [3.8, 4) is 11.5 Å². The summed E-state index contributed by atoms with van der Waals surface area (Å²) < 4.78 is 10.5. The highest BCUT2D eigenvalue weighted by molar-refractivity contribution is 6.18. The van der Waals surface area contributed by atoms with Crippen molar-refractivity contribution in [2.75, 3.05) is 24.8 Å². The van der Waals surface area contributed by atoms with E-state index in [9.17, 15) is 9.59 Å². The number of nitrogens with one attached hydrogen (secondary N) is 2. The van der Waals surface area contributed by atoms with Crippen LogP contribution in [0, 0.1) is 0 Å². The highest BCUT2D eigenvalue weighted by atomic mass is 35.5. The summed E-state index contributed by atoms with van der Waals surface area (Å²) in [5.74, 6) is 1.58. The molecule has 0 aliphatic heterocycles. The molecule has 0 bridgehead atoms. The van der Waals surface area contributed by atoms with Crippen molar-refractivity contribution < 1.29 is 19.1 Å². The fourth-order valence-electron chi connectivity index (χ4n) is 3.22. The number of halogens is 2. The lowest BCUT2D eigenvalue weighted by atomic mass is 9.91. The van der Waals surface area contributed by atoms with Crippen molar-refractivity contribution in [1.29, 1.82) is 0 Å². The maximum absolute atomic E-state index is 11.7. The fraction of sp³-hybridized carbons (Fsp3) is 0.333. The van der Waals surface area contributed by atoms with Gasteiger partial charge in [0.1, 0.15) is 11.5 Å². The van der Waals surface area contributed by atoms with Crippen molar-refractivity contribution in [2.24, 2.45) is 0 Å². The first-order valence-electron chi connectivity index (χ1n) is 10.5. The van der Waals surface area contributed by atoms with Gasteiger partial charge in [0.05, 0.1) is 0 Å². The molecule has 0 aromatic heterocycles. The molecule has 0 aliphatic rings. The quantitative estimate of drug-likeness (QED) is 0.320. The molecule has 0 heterocycles. The predicted molar refractivity (Wildman–Crippen MR) is 130 cm³/mol. The summed E-state index contributed by atoms with van der Waals surface area (Å²) in [6.45, 7) is 4.91. The summed E-state index contributed by atoms with van der Waals surface area (Å²) in [4.78, 5) is 23.4. The van der Waals surface area contributed by atoms with Crippen molar-refractivity contribution >= 4 is 46.5 Å². The number of rotatable bonds is 10. The van der Waals surface area contributed by atoms with E-state index in [-0.39, 0.29) is 0 Å². The van der Waals surface area contributed by atoms with Gasteiger partial charge in [-0.05, 0) is 59.4 Å². The lowest BCUT2D eigenvalue weighted by Crippen LogP contribution is -2.28. The van der Waals surface area contributed by atoms with Gasteiger partial charge in [0.25, 0.3) is 0 Å². The maximum atomic E-state index is 11.7. The Morgan fingerprint density at radius 2 is 1.03 bits per heavy atom. The molecular weight excluding hydrogens is 451 g/mol. The maximum Gasteiger partial charge on any atom is 0.412 e. The molecule has 0 radical (unpaired) electrons. The molecule has 32 heavy (non-hydrogen) atoms. The normalized spacial score (nSPS) is 11.4. The van der Waals surface area contributed by atoms with Crippen LogP contribution in [0.4, 0.5) is 9.59 Å². The van der Waals surface area contributed by atoms with Gasteiger partial charge in [-0.2, -0.15) is 0 Å². The summed E-state index contributed by atoms with van der Waals surface area (Å²) in [5, 5.41) is 5.12. The molecular formula is C24H28Cl2N2O4. The van der Waals surface area contributed by atoms with Crippen LogP contribution in [-0.2, 0) is 0 Å². The van der Waals surface area contributed by atoms with Crippen LogP contribution in [0.25, 0.3) is 11.1 Å². The topological polar surface area (TPSA) is 76.7 Å². The summed E-state index contributed by atoms with van der Waals surface area (Å²) in [6, 6.07) is 14.9. The van der Waals surface area contributed by atoms with Crippen LogP contribution in [0.5, 0.6) is 11.5 Å². The van der Waals surface area contributed by atoms with E-state index in [2.05, 4.69) is 24.5 Å². The van der Waals surface area contributed by atoms with Crippen LogP contribution in [-0.4, -0.2) is 37.0 Å². The van der Waals surface area contributed by atoms with Crippen molar-refractivity contribution in [2.45, 2.75) is 26.7 Å². The first-order chi connectivity index (χ1) is 15.5. The fourth-order valence-corrected chi connectivity index (χ4v) is 3.41. The van der Waals surface area contributed by atoms with Gasteiger partial charge < -0.3 is 20.1 Å². The molecule has 0 atom stereocenters. The number of amides is 2. The first-order valence-corrected chi connectivity index (χ1v) is 11.5. The average molecular weight is 479 g/mol. The predicted octanol–water partition coefficient (Wildman–Crippen LogP) is 6.07. The monoisotopic (exact) mass is 478 g/mol. The number of allylic oxidation sites excluding steroid dienone is 2. The zero-order valence-electron chi connectivity index (χ0n) is 18.3. The molecule has 0 saturated heterocycles. The van der Waals surface area contributed by atoms with Gasteiger partial charge in [0, 0.05) is 24.8 Å². The van der Waals surface area contributed by atoms with E-state index >= 15 is 0 Å². The third-order valence-electron chi connectivity index (χ3n) is 4.63. The molecule has 2 rings (SSSR count). The van der Waals surface area contributed by atoms with Gasteiger partial charge in [-0.1, -0.05) is 38.1 Å². The van der Waals surface area contributed by atoms with E-state index < -0.39 is 12.2 Å². The largest absolute Gasteiger partial charge is 0.412 e. The third kappa shape index (κ3) is 7.77. The summed E-state index contributed by atoms with van der Waals surface area (Å²) in [5.41, 5.74) is 4.50. The van der Waals surface area contributed by atoms with Gasteiger partial charge in [-0.3, -0.25) is 0 Å². The molecule has 2 N–H and O–H groups in total. The second-order valence-corrected chi connectivity index (χ2v) is 7.48. The van der Waals surface area contributed by atoms with Gasteiger partial charge in [0.2, 0.25) is 0 Å². The molecule has 0 spiro atoms. The molecule has 0 aliphatic carbocycles. The van der Waals surface area contributed by atoms with Crippen LogP contribution in [0.2, 0.25) is 0 Å². The molecule has 172 valence electrons. The smallest absolute Gasteiger partial charge is 0.410 e. The molecule has 0 saturated carbocycles. The van der Waals surface area contributed by atoms with Crippen LogP contribution >= 0.6 is 23.2 Å². The lowest BCUT2D eigenvalue weighted by molar-refractivity contribution is 0.200. The second-order valence-electron chi connectivity index (χ2n) is 6.72. The van der Waals surface area contributed by atoms with E-state index in [1.165, 1.54) is 11.1 Å². The lowest BCUT2D eigenvalue weighted by Gasteiger charge is -2.15. The minimum atomic E-state index is -0.530. The molecule has 6 nitrogen and oxygen atoms in total. The van der Waals surface area contributed by atoms with Crippen molar-refractivity contribution in [1.82, 2.24) is 10.6 Å². The molecule has 2 aromatic carbocycles. The number of hydrogen-bond donors (Lipinski definition) is 2. The third-order valence-corrected chi connectivity index (χ3v) is 5.00. The Kier molecular flexibility index (Phi) is 10.9. The SMILES string of the molecule is CC/C(=C(\CC)c1ccc(OC(=O)NCCCl)cc1)c1ccc(OC(=O)NCCCl)cc1. The molecule has 2 aromatic rings. The minimum absolute atomic E-state index is 0.326. The standard InChI is InChI=1S/C24H28Cl2N2O4/c1-3-21(17-5-9-19(10-6-17)31-23(29)27-15-13-25)22(4-2)18-7-11-20(12-8-18)32-24(30)28-16-14-26/h5-12H,3-4,13-16H2,1-2H3,(H,27,29)(H,28,30)/b22-21-. The molecule has 8 heteroatoms. The Hall–Kier alpha value is -2.70. The zero-order chi connectivity index (χ0) is 23.3. The molecule has 0 unspecified atom stereocenters. The minimum Gasteiger partial charge on any atom is -0.410 e. The number of hydrogen-bond acceptors (Lipinski definition) is 4. The molecule has 0 fully saturated rings. The Morgan fingerprint density at radius 1 is 0.688 bits per heavy atom. The Morgan fingerprint density at radius 3 is 1.31 bits per heavy atom. The van der Waals surface area contributed by atoms with Gasteiger partial charge in [-0.25, -0.2) is 9.59 Å². The van der Waals surface area contributed by atoms with Gasteiger partial charge >= 0.3 is 12.2 Å². The van der Waals surface area contributed by atoms with E-state index in [0.29, 0.717) is 36.3 Å². The van der Waals surface area contributed by atoms with Crippen LogP contribution < -0.4 is 20.1 Å². The van der Waals surface area contributed by atoms with Crippen LogP contribution in [0.15, 0.2) is 48.5 Å². The highest BCUT2D eigenvalue weighted by Crippen LogP contribution is 2.33. The van der Waals surface area contributed by atoms with Crippen LogP contribution in [0.3, 0.4) is 0 Å². The van der Waals surface area contributed by atoms with E-state index in [1.807, 2.05) is 24.3 Å². The van der Waals surface area contributed by atoms with Crippen molar-refractivity contribution in [3.05, 3.63) is 59.7 Å². The Balaban J connectivity index is 2.18. The summed E-state index contributed by atoms with van der Waals surface area (Å²) in [6.07, 6.45) is 0.604. The number of alkyl halides is 2. The van der Waals surface area contributed by atoms with Crippen LogP contribution in [0.1, 0.15) is 37.8 Å². The van der Waals surface area contributed by atoms with Crippen molar-refractivity contribution in [3.63, 3.8) is 0 Å². The summed E-state index contributed by atoms with van der Waals surface area (Å²) in [7, 11) is 0.